The van der Waals surface area contributed by atoms with E-state index in [1.807, 2.05) is 37.3 Å². The molecule has 0 bridgehead atoms. The maximum Gasteiger partial charge on any atom is 0.153 e. The largest absolute Gasteiger partial charge is 0.298 e. The van der Waals surface area contributed by atoms with Crippen LogP contribution in [-0.4, -0.2) is 16.1 Å². The van der Waals surface area contributed by atoms with Gasteiger partial charge in [-0.25, -0.2) is 9.07 Å². The fourth-order valence-corrected chi connectivity index (χ4v) is 2.37. The van der Waals surface area contributed by atoms with Gasteiger partial charge in [0.25, 0.3) is 0 Å². The van der Waals surface area contributed by atoms with Crippen LogP contribution in [0.4, 0.5) is 4.39 Å². The number of carbonyl (C=O) groups is 1. The van der Waals surface area contributed by atoms with E-state index >= 15 is 0 Å². The molecule has 0 atom stereocenters. The second kappa shape index (κ2) is 5.32. The Hall–Kier alpha value is -2.75. The monoisotopic (exact) mass is 280 g/mol. The highest BCUT2D eigenvalue weighted by Gasteiger charge is 2.15. The van der Waals surface area contributed by atoms with Gasteiger partial charge in [0.05, 0.1) is 23.1 Å². The summed E-state index contributed by atoms with van der Waals surface area (Å²) < 4.78 is 14.9. The standard InChI is InChI=1S/C17H13FN2O/c1-12-9-15(18)7-8-16(12)20-17(14(11-21)10-19-20)13-5-3-2-4-6-13/h2-11H,1H3. The number of aldehydes is 1. The smallest absolute Gasteiger partial charge is 0.153 e. The van der Waals surface area contributed by atoms with Crippen LogP contribution in [0.15, 0.2) is 54.7 Å². The maximum atomic E-state index is 13.3. The zero-order valence-corrected chi connectivity index (χ0v) is 11.5. The molecule has 0 unspecified atom stereocenters. The summed E-state index contributed by atoms with van der Waals surface area (Å²) in [5, 5.41) is 4.29. The van der Waals surface area contributed by atoms with E-state index in [-0.39, 0.29) is 5.82 Å². The molecule has 3 nitrogen and oxygen atoms in total. The molecule has 1 aromatic heterocycles. The number of aromatic nitrogens is 2. The van der Waals surface area contributed by atoms with E-state index in [0.29, 0.717) is 11.3 Å². The predicted molar refractivity (Wildman–Crippen MR) is 79.1 cm³/mol. The van der Waals surface area contributed by atoms with Crippen LogP contribution < -0.4 is 0 Å². The Balaban J connectivity index is 2.25. The summed E-state index contributed by atoms with van der Waals surface area (Å²) >= 11 is 0. The van der Waals surface area contributed by atoms with Crippen molar-refractivity contribution < 1.29 is 9.18 Å². The third-order valence-electron chi connectivity index (χ3n) is 3.36. The summed E-state index contributed by atoms with van der Waals surface area (Å²) in [6.45, 7) is 1.81. The van der Waals surface area contributed by atoms with Gasteiger partial charge >= 0.3 is 0 Å². The molecular weight excluding hydrogens is 267 g/mol. The lowest BCUT2D eigenvalue weighted by Gasteiger charge is -2.11. The fraction of sp³-hybridized carbons (Fsp3) is 0.0588. The maximum absolute atomic E-state index is 13.3. The molecule has 0 N–H and O–H groups in total. The minimum Gasteiger partial charge on any atom is -0.298 e. The first-order valence-electron chi connectivity index (χ1n) is 6.56. The summed E-state index contributed by atoms with van der Waals surface area (Å²) in [5.74, 6) is -0.291. The summed E-state index contributed by atoms with van der Waals surface area (Å²) in [7, 11) is 0. The van der Waals surface area contributed by atoms with E-state index in [2.05, 4.69) is 5.10 Å². The van der Waals surface area contributed by atoms with E-state index in [9.17, 15) is 9.18 Å². The van der Waals surface area contributed by atoms with Crippen molar-refractivity contribution in [3.05, 3.63) is 71.7 Å². The number of aryl methyl sites for hydroxylation is 1. The number of hydrogen-bond donors (Lipinski definition) is 0. The molecule has 3 aromatic rings. The molecule has 104 valence electrons. The van der Waals surface area contributed by atoms with Crippen molar-refractivity contribution in [2.75, 3.05) is 0 Å². The molecule has 0 spiro atoms. The second-order valence-electron chi connectivity index (χ2n) is 4.78. The lowest BCUT2D eigenvalue weighted by molar-refractivity contribution is 0.112. The number of nitrogens with zero attached hydrogens (tertiary/aromatic N) is 2. The van der Waals surface area contributed by atoms with Crippen LogP contribution in [0.25, 0.3) is 16.9 Å². The van der Waals surface area contributed by atoms with E-state index in [4.69, 9.17) is 0 Å². The van der Waals surface area contributed by atoms with Crippen molar-refractivity contribution in [3.63, 3.8) is 0 Å². The van der Waals surface area contributed by atoms with E-state index in [1.165, 1.54) is 18.3 Å². The van der Waals surface area contributed by atoms with E-state index in [0.717, 1.165) is 23.1 Å². The fourth-order valence-electron chi connectivity index (χ4n) is 2.37. The molecule has 0 saturated heterocycles. The number of carbonyl (C=O) groups excluding carboxylic acids is 1. The van der Waals surface area contributed by atoms with Crippen LogP contribution in [0.2, 0.25) is 0 Å². The van der Waals surface area contributed by atoms with Crippen molar-refractivity contribution >= 4 is 6.29 Å². The molecule has 0 amide bonds. The average molecular weight is 280 g/mol. The van der Waals surface area contributed by atoms with Crippen LogP contribution in [0.1, 0.15) is 15.9 Å². The summed E-state index contributed by atoms with van der Waals surface area (Å²) in [4.78, 5) is 11.3. The zero-order valence-electron chi connectivity index (χ0n) is 11.5. The number of rotatable bonds is 3. The van der Waals surface area contributed by atoms with Gasteiger partial charge < -0.3 is 0 Å². The highest BCUT2D eigenvalue weighted by atomic mass is 19.1. The Bertz CT molecular complexity index is 794. The number of benzene rings is 2. The lowest BCUT2D eigenvalue weighted by atomic mass is 10.1. The van der Waals surface area contributed by atoms with Gasteiger partial charge in [0.2, 0.25) is 0 Å². The first kappa shape index (κ1) is 13.2. The molecular formula is C17H13FN2O. The van der Waals surface area contributed by atoms with Crippen molar-refractivity contribution in [3.8, 4) is 16.9 Å². The third kappa shape index (κ3) is 2.36. The summed E-state index contributed by atoms with van der Waals surface area (Å²) in [6, 6.07) is 14.1. The van der Waals surface area contributed by atoms with Crippen LogP contribution in [0.3, 0.4) is 0 Å². The Morgan fingerprint density at radius 3 is 2.57 bits per heavy atom. The Morgan fingerprint density at radius 2 is 1.90 bits per heavy atom. The molecule has 3 rings (SSSR count). The molecule has 1 heterocycles. The minimum atomic E-state index is -0.291. The first-order valence-corrected chi connectivity index (χ1v) is 6.56. The Kier molecular flexibility index (Phi) is 3.36. The lowest BCUT2D eigenvalue weighted by Crippen LogP contribution is -2.02. The van der Waals surface area contributed by atoms with Crippen molar-refractivity contribution in [2.24, 2.45) is 0 Å². The molecule has 4 heteroatoms. The third-order valence-corrected chi connectivity index (χ3v) is 3.36. The van der Waals surface area contributed by atoms with Gasteiger partial charge in [0.1, 0.15) is 5.82 Å². The summed E-state index contributed by atoms with van der Waals surface area (Å²) in [6.07, 6.45) is 2.31. The van der Waals surface area contributed by atoms with Crippen LogP contribution >= 0.6 is 0 Å². The van der Waals surface area contributed by atoms with Crippen molar-refractivity contribution in [2.45, 2.75) is 6.92 Å². The molecule has 0 fully saturated rings. The van der Waals surface area contributed by atoms with Crippen LogP contribution in [0.5, 0.6) is 0 Å². The van der Waals surface area contributed by atoms with Gasteiger partial charge in [-0.2, -0.15) is 5.10 Å². The highest BCUT2D eigenvalue weighted by Crippen LogP contribution is 2.27. The van der Waals surface area contributed by atoms with Gasteiger partial charge in [0, 0.05) is 5.56 Å². The summed E-state index contributed by atoms with van der Waals surface area (Å²) in [5.41, 5.74) is 3.61. The number of hydrogen-bond acceptors (Lipinski definition) is 2. The number of halogens is 1. The highest BCUT2D eigenvalue weighted by molar-refractivity contribution is 5.86. The molecule has 0 saturated carbocycles. The molecule has 2 aromatic carbocycles. The zero-order chi connectivity index (χ0) is 14.8. The van der Waals surface area contributed by atoms with Gasteiger partial charge in [-0.15, -0.1) is 0 Å². The Labute approximate surface area is 121 Å². The minimum absolute atomic E-state index is 0.291. The van der Waals surface area contributed by atoms with Crippen molar-refractivity contribution in [1.29, 1.82) is 0 Å². The molecule has 0 aliphatic rings. The van der Waals surface area contributed by atoms with Crippen molar-refractivity contribution in [1.82, 2.24) is 9.78 Å². The normalized spacial score (nSPS) is 10.6. The van der Waals surface area contributed by atoms with Crippen LogP contribution in [0, 0.1) is 12.7 Å². The Morgan fingerprint density at radius 1 is 1.14 bits per heavy atom. The molecule has 0 aliphatic carbocycles. The second-order valence-corrected chi connectivity index (χ2v) is 4.78. The predicted octanol–water partition coefficient (Wildman–Crippen LogP) is 3.80. The SMILES string of the molecule is Cc1cc(F)ccc1-n1ncc(C=O)c1-c1ccccc1. The topological polar surface area (TPSA) is 34.9 Å². The quantitative estimate of drug-likeness (QED) is 0.684. The van der Waals surface area contributed by atoms with Gasteiger partial charge in [-0.05, 0) is 30.7 Å². The van der Waals surface area contributed by atoms with Gasteiger partial charge in [0.15, 0.2) is 6.29 Å². The van der Waals surface area contributed by atoms with E-state index in [1.54, 1.807) is 10.7 Å². The van der Waals surface area contributed by atoms with Gasteiger partial charge in [-0.3, -0.25) is 4.79 Å². The first-order chi connectivity index (χ1) is 10.2. The average Bonchev–Trinajstić information content (AvgIpc) is 2.92. The van der Waals surface area contributed by atoms with Crippen LogP contribution in [-0.2, 0) is 0 Å². The van der Waals surface area contributed by atoms with E-state index < -0.39 is 0 Å². The molecule has 0 aliphatic heterocycles. The molecule has 0 radical (unpaired) electrons. The van der Waals surface area contributed by atoms with Gasteiger partial charge in [-0.1, -0.05) is 30.3 Å². The molecule has 21 heavy (non-hydrogen) atoms.